The number of nitrogens with zero attached hydrogens (tertiary/aromatic N) is 1. The molecule has 0 radical (unpaired) electrons. The van der Waals surface area contributed by atoms with Gasteiger partial charge in [0.25, 0.3) is 0 Å². The monoisotopic (exact) mass is 228 g/mol. The van der Waals surface area contributed by atoms with E-state index >= 15 is 0 Å². The zero-order valence-corrected chi connectivity index (χ0v) is 11.2. The molecule has 1 unspecified atom stereocenters. The van der Waals surface area contributed by atoms with Gasteiger partial charge in [-0.15, -0.1) is 0 Å². The highest BCUT2D eigenvalue weighted by atomic mass is 16.5. The summed E-state index contributed by atoms with van der Waals surface area (Å²) in [6.45, 7) is 13.2. The van der Waals surface area contributed by atoms with E-state index in [2.05, 4.69) is 31.0 Å². The van der Waals surface area contributed by atoms with E-state index in [-0.39, 0.29) is 0 Å². The molecule has 16 heavy (non-hydrogen) atoms. The Labute approximate surface area is 101 Å². The summed E-state index contributed by atoms with van der Waals surface area (Å²) in [5.74, 6) is 0.655. The third-order valence-corrected chi connectivity index (χ3v) is 3.13. The third kappa shape index (κ3) is 5.28. The van der Waals surface area contributed by atoms with Crippen molar-refractivity contribution < 1.29 is 4.74 Å². The van der Waals surface area contributed by atoms with Crippen molar-refractivity contribution in [1.29, 1.82) is 0 Å². The molecule has 1 atom stereocenters. The molecule has 1 saturated heterocycles. The molecule has 0 spiro atoms. The van der Waals surface area contributed by atoms with E-state index in [1.165, 1.54) is 25.9 Å². The van der Waals surface area contributed by atoms with E-state index in [4.69, 9.17) is 4.74 Å². The van der Waals surface area contributed by atoms with Gasteiger partial charge in [-0.1, -0.05) is 20.8 Å². The predicted molar refractivity (Wildman–Crippen MR) is 68.8 cm³/mol. The summed E-state index contributed by atoms with van der Waals surface area (Å²) in [5, 5.41) is 3.46. The van der Waals surface area contributed by atoms with Crippen molar-refractivity contribution in [3.05, 3.63) is 0 Å². The highest BCUT2D eigenvalue weighted by Crippen LogP contribution is 2.07. The van der Waals surface area contributed by atoms with Crippen LogP contribution < -0.4 is 5.32 Å². The van der Waals surface area contributed by atoms with Crippen LogP contribution in [0.2, 0.25) is 0 Å². The first-order valence-corrected chi connectivity index (χ1v) is 6.76. The average molecular weight is 228 g/mol. The van der Waals surface area contributed by atoms with Crippen molar-refractivity contribution >= 4 is 0 Å². The van der Waals surface area contributed by atoms with E-state index < -0.39 is 0 Å². The highest BCUT2D eigenvalue weighted by Gasteiger charge is 2.19. The summed E-state index contributed by atoms with van der Waals surface area (Å²) >= 11 is 0. The minimum absolute atomic E-state index is 0.655. The van der Waals surface area contributed by atoms with Crippen LogP contribution in [0.4, 0.5) is 0 Å². The average Bonchev–Trinajstić information content (AvgIpc) is 2.29. The van der Waals surface area contributed by atoms with Gasteiger partial charge < -0.3 is 10.1 Å². The molecular weight excluding hydrogens is 200 g/mol. The van der Waals surface area contributed by atoms with Crippen LogP contribution in [0.3, 0.4) is 0 Å². The fraction of sp³-hybridized carbons (Fsp3) is 1.00. The molecule has 1 heterocycles. The largest absolute Gasteiger partial charge is 0.381 e. The summed E-state index contributed by atoms with van der Waals surface area (Å²) in [4.78, 5) is 2.61. The molecule has 3 heteroatoms. The highest BCUT2D eigenvalue weighted by molar-refractivity contribution is 4.78. The van der Waals surface area contributed by atoms with Crippen LogP contribution in [0.5, 0.6) is 0 Å². The maximum Gasteiger partial charge on any atom is 0.0489 e. The molecular formula is C13H28N2O. The van der Waals surface area contributed by atoms with E-state index in [9.17, 15) is 0 Å². The summed E-state index contributed by atoms with van der Waals surface area (Å²) < 4.78 is 5.61. The van der Waals surface area contributed by atoms with E-state index in [1.54, 1.807) is 0 Å². The molecule has 1 rings (SSSR count). The normalized spacial score (nSPS) is 22.9. The summed E-state index contributed by atoms with van der Waals surface area (Å²) in [5.41, 5.74) is 0. The molecule has 0 aromatic heterocycles. The maximum atomic E-state index is 5.61. The van der Waals surface area contributed by atoms with Gasteiger partial charge in [0, 0.05) is 45.4 Å². The fourth-order valence-corrected chi connectivity index (χ4v) is 2.19. The zero-order chi connectivity index (χ0) is 11.8. The Morgan fingerprint density at radius 2 is 2.25 bits per heavy atom. The number of piperazine rings is 1. The van der Waals surface area contributed by atoms with Gasteiger partial charge in [-0.3, -0.25) is 4.90 Å². The molecule has 96 valence electrons. The smallest absolute Gasteiger partial charge is 0.0489 e. The van der Waals surface area contributed by atoms with Crippen molar-refractivity contribution in [2.45, 2.75) is 39.7 Å². The first kappa shape index (κ1) is 13.9. The standard InChI is InChI=1S/C13H28N2O/c1-4-13-10-14-6-8-15(13)7-5-9-16-11-12(2)3/h12-14H,4-11H2,1-3H3. The minimum Gasteiger partial charge on any atom is -0.381 e. The lowest BCUT2D eigenvalue weighted by molar-refractivity contribution is 0.0874. The lowest BCUT2D eigenvalue weighted by Gasteiger charge is -2.35. The molecule has 0 saturated carbocycles. The quantitative estimate of drug-likeness (QED) is 0.672. The predicted octanol–water partition coefficient (Wildman–Crippen LogP) is 1.73. The minimum atomic E-state index is 0.655. The molecule has 0 aliphatic carbocycles. The maximum absolute atomic E-state index is 5.61. The second-order valence-corrected chi connectivity index (χ2v) is 5.12. The van der Waals surface area contributed by atoms with Crippen LogP contribution in [0.1, 0.15) is 33.6 Å². The number of hydrogen-bond donors (Lipinski definition) is 1. The van der Waals surface area contributed by atoms with Gasteiger partial charge in [-0.25, -0.2) is 0 Å². The Balaban J connectivity index is 2.06. The first-order valence-electron chi connectivity index (χ1n) is 6.76. The molecule has 0 bridgehead atoms. The van der Waals surface area contributed by atoms with Gasteiger partial charge in [-0.2, -0.15) is 0 Å². The van der Waals surface area contributed by atoms with Gasteiger partial charge in [-0.05, 0) is 18.8 Å². The second kappa shape index (κ2) is 8.04. The number of nitrogens with one attached hydrogen (secondary N) is 1. The Bertz CT molecular complexity index is 173. The zero-order valence-electron chi connectivity index (χ0n) is 11.2. The Hall–Kier alpha value is -0.120. The molecule has 1 aliphatic rings. The van der Waals surface area contributed by atoms with Crippen molar-refractivity contribution in [3.8, 4) is 0 Å². The van der Waals surface area contributed by atoms with Gasteiger partial charge in [0.1, 0.15) is 0 Å². The second-order valence-electron chi connectivity index (χ2n) is 5.12. The molecule has 0 amide bonds. The SMILES string of the molecule is CCC1CNCCN1CCCOCC(C)C. The molecule has 0 aromatic rings. The van der Waals surface area contributed by atoms with E-state index in [0.29, 0.717) is 5.92 Å². The topological polar surface area (TPSA) is 24.5 Å². The lowest BCUT2D eigenvalue weighted by Crippen LogP contribution is -2.51. The number of ether oxygens (including phenoxy) is 1. The Morgan fingerprint density at radius 3 is 2.94 bits per heavy atom. The van der Waals surface area contributed by atoms with Crippen LogP contribution >= 0.6 is 0 Å². The summed E-state index contributed by atoms with van der Waals surface area (Å²) in [7, 11) is 0. The Kier molecular flexibility index (Phi) is 7.01. The van der Waals surface area contributed by atoms with E-state index in [1.807, 2.05) is 0 Å². The number of rotatable bonds is 7. The van der Waals surface area contributed by atoms with E-state index in [0.717, 1.165) is 32.3 Å². The molecule has 1 N–H and O–H groups in total. The molecule has 1 aliphatic heterocycles. The van der Waals surface area contributed by atoms with Crippen LogP contribution in [-0.2, 0) is 4.74 Å². The van der Waals surface area contributed by atoms with Gasteiger partial charge >= 0.3 is 0 Å². The molecule has 1 fully saturated rings. The summed E-state index contributed by atoms with van der Waals surface area (Å²) in [6, 6.07) is 0.735. The first-order chi connectivity index (χ1) is 7.74. The van der Waals surface area contributed by atoms with Gasteiger partial charge in [0.15, 0.2) is 0 Å². The van der Waals surface area contributed by atoms with Crippen molar-refractivity contribution in [1.82, 2.24) is 10.2 Å². The third-order valence-electron chi connectivity index (χ3n) is 3.13. The lowest BCUT2D eigenvalue weighted by atomic mass is 10.1. The van der Waals surface area contributed by atoms with Crippen LogP contribution in [0.25, 0.3) is 0 Å². The number of hydrogen-bond acceptors (Lipinski definition) is 3. The summed E-state index contributed by atoms with van der Waals surface area (Å²) in [6.07, 6.45) is 2.42. The molecule has 0 aromatic carbocycles. The van der Waals surface area contributed by atoms with Crippen molar-refractivity contribution in [3.63, 3.8) is 0 Å². The van der Waals surface area contributed by atoms with Crippen molar-refractivity contribution in [2.24, 2.45) is 5.92 Å². The van der Waals surface area contributed by atoms with Gasteiger partial charge in [0.05, 0.1) is 0 Å². The molecule has 3 nitrogen and oxygen atoms in total. The van der Waals surface area contributed by atoms with Crippen LogP contribution in [-0.4, -0.2) is 50.3 Å². The van der Waals surface area contributed by atoms with Crippen molar-refractivity contribution in [2.75, 3.05) is 39.4 Å². The van der Waals surface area contributed by atoms with Crippen LogP contribution in [0, 0.1) is 5.92 Å². The van der Waals surface area contributed by atoms with Gasteiger partial charge in [0.2, 0.25) is 0 Å². The Morgan fingerprint density at radius 1 is 1.44 bits per heavy atom. The fourth-order valence-electron chi connectivity index (χ4n) is 2.19. The van der Waals surface area contributed by atoms with Crippen LogP contribution in [0.15, 0.2) is 0 Å².